The van der Waals surface area contributed by atoms with E-state index in [2.05, 4.69) is 55.4 Å². The van der Waals surface area contributed by atoms with Crippen LogP contribution >= 0.6 is 0 Å². The van der Waals surface area contributed by atoms with Gasteiger partial charge in [-0.25, -0.2) is 0 Å². The van der Waals surface area contributed by atoms with E-state index in [4.69, 9.17) is 4.74 Å². The van der Waals surface area contributed by atoms with Gasteiger partial charge in [-0.1, -0.05) is 66.7 Å². The van der Waals surface area contributed by atoms with E-state index in [-0.39, 0.29) is 5.60 Å². The molecule has 1 aliphatic carbocycles. The molecule has 0 radical (unpaired) electrons. The largest absolute Gasteiger partial charge is 0.376 e. The van der Waals surface area contributed by atoms with Crippen LogP contribution in [0.3, 0.4) is 0 Å². The molecule has 1 saturated carbocycles. The number of hydrogen-bond donors (Lipinski definition) is 0. The predicted octanol–water partition coefficient (Wildman–Crippen LogP) is 6.46. The highest BCUT2D eigenvalue weighted by Crippen LogP contribution is 2.29. The molecular weight excluding hydrogens is 244 g/mol. The normalized spacial score (nSPS) is 17.9. The Morgan fingerprint density at radius 1 is 0.900 bits per heavy atom. The first-order valence-electron chi connectivity index (χ1n) is 8.65. The zero-order chi connectivity index (χ0) is 15.8. The van der Waals surface area contributed by atoms with Gasteiger partial charge in [0.05, 0.1) is 5.60 Å². The summed E-state index contributed by atoms with van der Waals surface area (Å²) < 4.78 is 5.61. The third kappa shape index (κ3) is 13.0. The van der Waals surface area contributed by atoms with Gasteiger partial charge in [0.2, 0.25) is 0 Å². The summed E-state index contributed by atoms with van der Waals surface area (Å²) in [5.41, 5.74) is 0.413. The maximum Gasteiger partial charge on any atom is 0.0598 e. The van der Waals surface area contributed by atoms with Gasteiger partial charge in [-0.15, -0.1) is 0 Å². The molecule has 0 N–H and O–H groups in total. The van der Waals surface area contributed by atoms with E-state index >= 15 is 0 Å². The average molecular weight is 285 g/mol. The van der Waals surface area contributed by atoms with E-state index in [1.54, 1.807) is 0 Å². The maximum absolute atomic E-state index is 5.61. The molecule has 0 bridgehead atoms. The van der Waals surface area contributed by atoms with Gasteiger partial charge in [-0.05, 0) is 44.4 Å². The second-order valence-electron chi connectivity index (χ2n) is 8.91. The number of ether oxygens (including phenoxy) is 1. The van der Waals surface area contributed by atoms with E-state index in [0.29, 0.717) is 5.41 Å². The summed E-state index contributed by atoms with van der Waals surface area (Å²) in [4.78, 5) is 0. The smallest absolute Gasteiger partial charge is 0.0598 e. The minimum Gasteiger partial charge on any atom is -0.376 e. The number of hydrogen-bond acceptors (Lipinski definition) is 1. The van der Waals surface area contributed by atoms with E-state index in [1.165, 1.54) is 32.1 Å². The first-order valence-corrected chi connectivity index (χ1v) is 8.65. The summed E-state index contributed by atoms with van der Waals surface area (Å²) >= 11 is 0. The third-order valence-electron chi connectivity index (χ3n) is 3.98. The zero-order valence-electron chi connectivity index (χ0n) is 15.5. The Hall–Kier alpha value is -0.0400. The fourth-order valence-corrected chi connectivity index (χ4v) is 2.46. The van der Waals surface area contributed by atoms with Crippen LogP contribution in [-0.4, -0.2) is 12.2 Å². The second kappa shape index (κ2) is 9.07. The molecule has 1 fully saturated rings. The Labute approximate surface area is 128 Å². The molecule has 0 spiro atoms. The van der Waals surface area contributed by atoms with Crippen molar-refractivity contribution in [1.82, 2.24) is 0 Å². The first kappa shape index (κ1) is 20.0. The standard InChI is InChI=1S/C10H22O.C9H18/c1-9(2,3)7-8-11-10(4,5)6;1-8(2)9-6-4-3-5-7-9/h7-8H2,1-6H3;8-9H,3-7H2,1-2H3. The van der Waals surface area contributed by atoms with Gasteiger partial charge < -0.3 is 4.74 Å². The molecule has 1 heteroatoms. The van der Waals surface area contributed by atoms with Crippen LogP contribution in [0.15, 0.2) is 0 Å². The lowest BCUT2D eigenvalue weighted by atomic mass is 9.82. The molecule has 0 saturated heterocycles. The molecule has 0 aromatic heterocycles. The topological polar surface area (TPSA) is 9.23 Å². The summed E-state index contributed by atoms with van der Waals surface area (Å²) in [6, 6.07) is 0. The zero-order valence-corrected chi connectivity index (χ0v) is 15.5. The highest BCUT2D eigenvalue weighted by Gasteiger charge is 2.16. The molecule has 0 heterocycles. The monoisotopic (exact) mass is 284 g/mol. The molecule has 1 nitrogen and oxygen atoms in total. The Morgan fingerprint density at radius 2 is 1.40 bits per heavy atom. The Bertz CT molecular complexity index is 209. The van der Waals surface area contributed by atoms with Crippen molar-refractivity contribution in [3.63, 3.8) is 0 Å². The van der Waals surface area contributed by atoms with Crippen molar-refractivity contribution in [2.45, 2.75) is 99.5 Å². The summed E-state index contributed by atoms with van der Waals surface area (Å²) in [5, 5.41) is 0. The SMILES string of the molecule is CC(C)(C)CCOC(C)(C)C.CC(C)C1CCCCC1. The van der Waals surface area contributed by atoms with Crippen molar-refractivity contribution in [1.29, 1.82) is 0 Å². The van der Waals surface area contributed by atoms with Gasteiger partial charge in [-0.2, -0.15) is 0 Å². The van der Waals surface area contributed by atoms with Gasteiger partial charge in [-0.3, -0.25) is 0 Å². The van der Waals surface area contributed by atoms with Crippen LogP contribution in [0.5, 0.6) is 0 Å². The molecular formula is C19H40O. The van der Waals surface area contributed by atoms with Crippen LogP contribution in [0.1, 0.15) is 93.9 Å². The van der Waals surface area contributed by atoms with Gasteiger partial charge >= 0.3 is 0 Å². The molecule has 1 rings (SSSR count). The van der Waals surface area contributed by atoms with Crippen molar-refractivity contribution in [3.8, 4) is 0 Å². The lowest BCUT2D eigenvalue weighted by molar-refractivity contribution is -0.0139. The van der Waals surface area contributed by atoms with E-state index in [9.17, 15) is 0 Å². The molecule has 122 valence electrons. The first-order chi connectivity index (χ1) is 9.01. The van der Waals surface area contributed by atoms with Crippen LogP contribution < -0.4 is 0 Å². The number of rotatable bonds is 3. The second-order valence-corrected chi connectivity index (χ2v) is 8.91. The highest BCUT2D eigenvalue weighted by atomic mass is 16.5. The van der Waals surface area contributed by atoms with Crippen LogP contribution in [0.2, 0.25) is 0 Å². The third-order valence-corrected chi connectivity index (χ3v) is 3.98. The summed E-state index contributed by atoms with van der Waals surface area (Å²) in [7, 11) is 0. The van der Waals surface area contributed by atoms with Crippen molar-refractivity contribution in [2.24, 2.45) is 17.3 Å². The fourth-order valence-electron chi connectivity index (χ4n) is 2.46. The molecule has 0 aromatic rings. The summed E-state index contributed by atoms with van der Waals surface area (Å²) in [6.45, 7) is 18.6. The van der Waals surface area contributed by atoms with E-state index < -0.39 is 0 Å². The molecule has 0 aromatic carbocycles. The van der Waals surface area contributed by atoms with Gasteiger partial charge in [0.25, 0.3) is 0 Å². The Balaban J connectivity index is 0.000000367. The predicted molar refractivity (Wildman–Crippen MR) is 91.2 cm³/mol. The molecule has 0 atom stereocenters. The minimum absolute atomic E-state index is 0.0191. The highest BCUT2D eigenvalue weighted by molar-refractivity contribution is 4.67. The van der Waals surface area contributed by atoms with Crippen molar-refractivity contribution >= 4 is 0 Å². The van der Waals surface area contributed by atoms with E-state index in [1.807, 2.05) is 0 Å². The summed E-state index contributed by atoms with van der Waals surface area (Å²) in [5.74, 6) is 1.99. The van der Waals surface area contributed by atoms with Gasteiger partial charge in [0.15, 0.2) is 0 Å². The van der Waals surface area contributed by atoms with Crippen molar-refractivity contribution in [3.05, 3.63) is 0 Å². The van der Waals surface area contributed by atoms with Crippen LogP contribution in [0, 0.1) is 17.3 Å². The van der Waals surface area contributed by atoms with Gasteiger partial charge in [0.1, 0.15) is 0 Å². The van der Waals surface area contributed by atoms with Crippen molar-refractivity contribution < 1.29 is 4.74 Å². The molecule has 1 aliphatic rings. The molecule has 0 aliphatic heterocycles. The summed E-state index contributed by atoms with van der Waals surface area (Å²) in [6.07, 6.45) is 8.59. The maximum atomic E-state index is 5.61. The lowest BCUT2D eigenvalue weighted by Crippen LogP contribution is -2.22. The molecule has 0 amide bonds. The molecule has 0 unspecified atom stereocenters. The fraction of sp³-hybridized carbons (Fsp3) is 1.00. The Morgan fingerprint density at radius 3 is 1.70 bits per heavy atom. The van der Waals surface area contributed by atoms with Gasteiger partial charge in [0, 0.05) is 6.61 Å². The Kier molecular flexibility index (Phi) is 9.06. The average Bonchev–Trinajstić information content (AvgIpc) is 2.27. The van der Waals surface area contributed by atoms with Crippen molar-refractivity contribution in [2.75, 3.05) is 6.61 Å². The molecule has 20 heavy (non-hydrogen) atoms. The minimum atomic E-state index is 0.0191. The van der Waals surface area contributed by atoms with Crippen LogP contribution in [0.4, 0.5) is 0 Å². The lowest BCUT2D eigenvalue weighted by Gasteiger charge is -2.24. The van der Waals surface area contributed by atoms with E-state index in [0.717, 1.165) is 24.9 Å². The quantitative estimate of drug-likeness (QED) is 0.578. The van der Waals surface area contributed by atoms with Crippen LogP contribution in [-0.2, 0) is 4.74 Å². The van der Waals surface area contributed by atoms with Crippen LogP contribution in [0.25, 0.3) is 0 Å².